The van der Waals surface area contributed by atoms with Crippen molar-refractivity contribution in [3.63, 3.8) is 0 Å². The second-order valence-electron chi connectivity index (χ2n) is 5.84. The van der Waals surface area contributed by atoms with Crippen molar-refractivity contribution >= 4 is 12.0 Å². The molecule has 0 saturated carbocycles. The van der Waals surface area contributed by atoms with E-state index in [0.717, 1.165) is 38.9 Å². The van der Waals surface area contributed by atoms with E-state index >= 15 is 0 Å². The maximum atomic E-state index is 12.7. The quantitative estimate of drug-likeness (QED) is 0.823. The topological polar surface area (TPSA) is 64.1 Å². The summed E-state index contributed by atoms with van der Waals surface area (Å²) in [7, 11) is 2.08. The van der Waals surface area contributed by atoms with Crippen molar-refractivity contribution in [2.75, 3.05) is 33.2 Å². The number of carboxylic acids is 1. The Bertz CT molecular complexity index is 375. The van der Waals surface area contributed by atoms with Gasteiger partial charge in [0.25, 0.3) is 0 Å². The number of nitrogens with zero attached hydrogens (tertiary/aromatic N) is 3. The average molecular weight is 283 g/mol. The smallest absolute Gasteiger partial charge is 0.326 e. The van der Waals surface area contributed by atoms with E-state index in [1.807, 2.05) is 4.90 Å². The summed E-state index contributed by atoms with van der Waals surface area (Å²) in [5.74, 6) is -0.879. The molecule has 0 radical (unpaired) electrons. The van der Waals surface area contributed by atoms with Crippen LogP contribution in [0.4, 0.5) is 4.79 Å². The maximum absolute atomic E-state index is 12.7. The van der Waals surface area contributed by atoms with Crippen LogP contribution in [0.1, 0.15) is 32.6 Å². The van der Waals surface area contributed by atoms with Crippen LogP contribution >= 0.6 is 0 Å². The summed E-state index contributed by atoms with van der Waals surface area (Å²) in [5.41, 5.74) is 0. The van der Waals surface area contributed by atoms with Gasteiger partial charge in [0.05, 0.1) is 0 Å². The third-order valence-corrected chi connectivity index (χ3v) is 4.40. The molecule has 2 aliphatic heterocycles. The number of hydrogen-bond donors (Lipinski definition) is 1. The molecule has 6 nitrogen and oxygen atoms in total. The zero-order valence-electron chi connectivity index (χ0n) is 12.4. The summed E-state index contributed by atoms with van der Waals surface area (Å²) < 4.78 is 0. The van der Waals surface area contributed by atoms with E-state index in [2.05, 4.69) is 18.9 Å². The normalized spacial score (nSPS) is 28.5. The predicted molar refractivity (Wildman–Crippen MR) is 75.7 cm³/mol. The first-order valence-electron chi connectivity index (χ1n) is 7.53. The van der Waals surface area contributed by atoms with Gasteiger partial charge in [-0.15, -0.1) is 0 Å². The van der Waals surface area contributed by atoms with E-state index in [1.165, 1.54) is 0 Å². The minimum atomic E-state index is -0.879. The predicted octanol–water partition coefficient (Wildman–Crippen LogP) is 1.07. The molecule has 0 aromatic heterocycles. The van der Waals surface area contributed by atoms with Crippen LogP contribution in [0.25, 0.3) is 0 Å². The molecule has 2 atom stereocenters. The van der Waals surface area contributed by atoms with E-state index < -0.39 is 12.0 Å². The molecule has 2 heterocycles. The van der Waals surface area contributed by atoms with Crippen LogP contribution in [0.5, 0.6) is 0 Å². The monoisotopic (exact) mass is 283 g/mol. The number of carboxylic acid groups (broad SMARTS) is 1. The van der Waals surface area contributed by atoms with Crippen molar-refractivity contribution in [3.05, 3.63) is 0 Å². The highest BCUT2D eigenvalue weighted by atomic mass is 16.4. The van der Waals surface area contributed by atoms with Gasteiger partial charge in [-0.05, 0) is 39.3 Å². The van der Waals surface area contributed by atoms with Gasteiger partial charge in [0.1, 0.15) is 6.04 Å². The second-order valence-corrected chi connectivity index (χ2v) is 5.84. The molecule has 2 saturated heterocycles. The molecule has 114 valence electrons. The van der Waals surface area contributed by atoms with Crippen LogP contribution in [-0.2, 0) is 4.79 Å². The molecule has 20 heavy (non-hydrogen) atoms. The van der Waals surface area contributed by atoms with Gasteiger partial charge >= 0.3 is 12.0 Å². The second kappa shape index (κ2) is 6.43. The van der Waals surface area contributed by atoms with Gasteiger partial charge in [0, 0.05) is 25.7 Å². The Hall–Kier alpha value is -1.30. The number of urea groups is 1. The number of hydrogen-bond acceptors (Lipinski definition) is 3. The minimum Gasteiger partial charge on any atom is -0.480 e. The Labute approximate surface area is 120 Å². The van der Waals surface area contributed by atoms with E-state index in [1.54, 1.807) is 4.90 Å². The Kier molecular flexibility index (Phi) is 4.86. The number of likely N-dealkylation sites (N-methyl/N-ethyl adjacent to an activating group) is 1. The van der Waals surface area contributed by atoms with Crippen molar-refractivity contribution in [3.8, 4) is 0 Å². The van der Waals surface area contributed by atoms with Crippen LogP contribution in [0.15, 0.2) is 0 Å². The van der Waals surface area contributed by atoms with Crippen LogP contribution in [0, 0.1) is 0 Å². The Morgan fingerprint density at radius 3 is 2.50 bits per heavy atom. The molecule has 2 rings (SSSR count). The summed E-state index contributed by atoms with van der Waals surface area (Å²) in [5, 5.41) is 9.23. The number of rotatable bonds is 2. The molecule has 2 amide bonds. The fraction of sp³-hybridized carbons (Fsp3) is 0.857. The highest BCUT2D eigenvalue weighted by Crippen LogP contribution is 2.22. The summed E-state index contributed by atoms with van der Waals surface area (Å²) in [6.07, 6.45) is 3.21. The van der Waals surface area contributed by atoms with E-state index in [0.29, 0.717) is 13.0 Å². The standard InChI is InChI=1S/C14H25N3O3/c1-3-11-10-15(2)7-5-9-16(11)14(20)17-8-4-6-12(17)13(18)19/h11-12H,3-10H2,1-2H3,(H,18,19). The van der Waals surface area contributed by atoms with Crippen molar-refractivity contribution in [2.45, 2.75) is 44.7 Å². The summed E-state index contributed by atoms with van der Waals surface area (Å²) >= 11 is 0. The van der Waals surface area contributed by atoms with Gasteiger partial charge in [0.15, 0.2) is 0 Å². The van der Waals surface area contributed by atoms with Gasteiger partial charge in [-0.2, -0.15) is 0 Å². The lowest BCUT2D eigenvalue weighted by atomic mass is 10.2. The fourth-order valence-electron chi connectivity index (χ4n) is 3.26. The van der Waals surface area contributed by atoms with Crippen LogP contribution < -0.4 is 0 Å². The first kappa shape index (κ1) is 15.1. The van der Waals surface area contributed by atoms with Crippen molar-refractivity contribution < 1.29 is 14.7 Å². The largest absolute Gasteiger partial charge is 0.480 e. The molecule has 2 aliphatic rings. The lowest BCUT2D eigenvalue weighted by Gasteiger charge is -2.35. The SMILES string of the molecule is CCC1CN(C)CCCN1C(=O)N1CCCC1C(=O)O. The minimum absolute atomic E-state index is 0.0861. The van der Waals surface area contributed by atoms with Gasteiger partial charge in [-0.1, -0.05) is 6.92 Å². The van der Waals surface area contributed by atoms with Crippen molar-refractivity contribution in [1.29, 1.82) is 0 Å². The Morgan fingerprint density at radius 2 is 1.85 bits per heavy atom. The highest BCUT2D eigenvalue weighted by molar-refractivity contribution is 5.83. The first-order chi connectivity index (χ1) is 9.54. The third kappa shape index (κ3) is 3.06. The van der Waals surface area contributed by atoms with Gasteiger partial charge in [-0.3, -0.25) is 0 Å². The molecule has 0 bridgehead atoms. The van der Waals surface area contributed by atoms with Crippen LogP contribution in [0.3, 0.4) is 0 Å². The molecule has 2 unspecified atom stereocenters. The zero-order valence-corrected chi connectivity index (χ0v) is 12.4. The molecule has 0 aliphatic carbocycles. The number of amides is 2. The molecular formula is C14H25N3O3. The van der Waals surface area contributed by atoms with E-state index in [9.17, 15) is 14.7 Å². The summed E-state index contributed by atoms with van der Waals surface area (Å²) in [6, 6.07) is -0.539. The fourth-order valence-corrected chi connectivity index (χ4v) is 3.26. The van der Waals surface area contributed by atoms with Crippen LogP contribution in [0.2, 0.25) is 0 Å². The number of likely N-dealkylation sites (tertiary alicyclic amines) is 1. The number of aliphatic carboxylic acids is 1. The number of carbonyl (C=O) groups is 2. The van der Waals surface area contributed by atoms with Gasteiger partial charge in [-0.25, -0.2) is 9.59 Å². The maximum Gasteiger partial charge on any atom is 0.326 e. The van der Waals surface area contributed by atoms with Gasteiger partial charge in [0.2, 0.25) is 0 Å². The molecule has 6 heteroatoms. The third-order valence-electron chi connectivity index (χ3n) is 4.40. The number of carbonyl (C=O) groups excluding carboxylic acids is 1. The molecule has 0 aromatic carbocycles. The van der Waals surface area contributed by atoms with Crippen LogP contribution in [-0.4, -0.2) is 77.1 Å². The Balaban J connectivity index is 2.11. The van der Waals surface area contributed by atoms with E-state index in [4.69, 9.17) is 0 Å². The highest BCUT2D eigenvalue weighted by Gasteiger charge is 2.38. The lowest BCUT2D eigenvalue weighted by Crippen LogP contribution is -2.52. The van der Waals surface area contributed by atoms with E-state index in [-0.39, 0.29) is 12.1 Å². The average Bonchev–Trinajstić information content (AvgIpc) is 2.82. The summed E-state index contributed by atoms with van der Waals surface area (Å²) in [4.78, 5) is 29.7. The van der Waals surface area contributed by atoms with Crippen molar-refractivity contribution in [2.24, 2.45) is 0 Å². The lowest BCUT2D eigenvalue weighted by molar-refractivity contribution is -0.141. The summed E-state index contributed by atoms with van der Waals surface area (Å²) in [6.45, 7) is 5.24. The molecular weight excluding hydrogens is 258 g/mol. The molecule has 1 N–H and O–H groups in total. The molecule has 2 fully saturated rings. The molecule has 0 spiro atoms. The Morgan fingerprint density at radius 1 is 1.15 bits per heavy atom. The molecule has 0 aromatic rings. The zero-order chi connectivity index (χ0) is 14.7. The first-order valence-corrected chi connectivity index (χ1v) is 7.53. The van der Waals surface area contributed by atoms with Gasteiger partial charge < -0.3 is 19.8 Å². The van der Waals surface area contributed by atoms with Crippen molar-refractivity contribution in [1.82, 2.24) is 14.7 Å².